The molecule has 0 spiro atoms. The number of nitrogens with zero attached hydrogens (tertiary/aromatic N) is 2. The highest BCUT2D eigenvalue weighted by molar-refractivity contribution is 6.10. The van der Waals surface area contributed by atoms with Crippen LogP contribution >= 0.6 is 0 Å². The molecule has 0 aromatic heterocycles. The largest absolute Gasteiger partial charge is 0.497 e. The van der Waals surface area contributed by atoms with Crippen LogP contribution in [0.25, 0.3) is 10.8 Å². The molecule has 4 amide bonds. The van der Waals surface area contributed by atoms with Crippen molar-refractivity contribution in [1.29, 1.82) is 0 Å². The van der Waals surface area contributed by atoms with E-state index in [0.717, 1.165) is 21.2 Å². The first-order chi connectivity index (χ1) is 17.9. The molecule has 7 heteroatoms. The first-order valence-corrected chi connectivity index (χ1v) is 12.0. The number of imide groups is 1. The van der Waals surface area contributed by atoms with Crippen molar-refractivity contribution in [1.82, 2.24) is 10.2 Å². The van der Waals surface area contributed by atoms with Gasteiger partial charge in [0.05, 0.1) is 13.7 Å². The summed E-state index contributed by atoms with van der Waals surface area (Å²) in [6.07, 6.45) is 0. The SMILES string of the molecule is COc1ccc(N(Cc2ccccc2)C(=O)CN2C(=O)NC(C)(c3ccc4ccccc4c3)C2=O)cc1. The Hall–Kier alpha value is -4.65. The average Bonchev–Trinajstić information content (AvgIpc) is 3.15. The minimum atomic E-state index is -1.27. The minimum Gasteiger partial charge on any atom is -0.497 e. The second-order valence-corrected chi connectivity index (χ2v) is 9.17. The van der Waals surface area contributed by atoms with E-state index in [1.54, 1.807) is 43.2 Å². The molecule has 186 valence electrons. The zero-order valence-electron chi connectivity index (χ0n) is 20.7. The van der Waals surface area contributed by atoms with Gasteiger partial charge in [0.1, 0.15) is 17.8 Å². The van der Waals surface area contributed by atoms with Crippen molar-refractivity contribution in [2.24, 2.45) is 0 Å². The molecule has 0 saturated carbocycles. The van der Waals surface area contributed by atoms with Crippen LogP contribution in [-0.4, -0.2) is 36.4 Å². The second kappa shape index (κ2) is 9.78. The van der Waals surface area contributed by atoms with Crippen LogP contribution in [0.3, 0.4) is 0 Å². The summed E-state index contributed by atoms with van der Waals surface area (Å²) in [7, 11) is 1.58. The van der Waals surface area contributed by atoms with Gasteiger partial charge in [0, 0.05) is 5.69 Å². The molecule has 5 rings (SSSR count). The molecule has 7 nitrogen and oxygen atoms in total. The van der Waals surface area contributed by atoms with Gasteiger partial charge in [0.2, 0.25) is 5.91 Å². The maximum atomic E-state index is 13.6. The van der Waals surface area contributed by atoms with E-state index in [1.807, 2.05) is 72.8 Å². The number of urea groups is 1. The fraction of sp³-hybridized carbons (Fsp3) is 0.167. The number of nitrogens with one attached hydrogen (secondary N) is 1. The van der Waals surface area contributed by atoms with E-state index >= 15 is 0 Å². The number of rotatable bonds is 7. The van der Waals surface area contributed by atoms with Crippen molar-refractivity contribution in [3.05, 3.63) is 108 Å². The lowest BCUT2D eigenvalue weighted by Gasteiger charge is -2.26. The van der Waals surface area contributed by atoms with Crippen molar-refractivity contribution in [2.45, 2.75) is 19.0 Å². The van der Waals surface area contributed by atoms with Gasteiger partial charge in [-0.1, -0.05) is 66.7 Å². The molecule has 4 aromatic carbocycles. The first-order valence-electron chi connectivity index (χ1n) is 12.0. The fourth-order valence-electron chi connectivity index (χ4n) is 4.61. The topological polar surface area (TPSA) is 79.0 Å². The summed E-state index contributed by atoms with van der Waals surface area (Å²) in [4.78, 5) is 42.7. The Morgan fingerprint density at radius 3 is 2.27 bits per heavy atom. The molecule has 1 saturated heterocycles. The Morgan fingerprint density at radius 1 is 0.892 bits per heavy atom. The zero-order valence-corrected chi connectivity index (χ0v) is 20.7. The van der Waals surface area contributed by atoms with E-state index in [4.69, 9.17) is 4.74 Å². The van der Waals surface area contributed by atoms with Crippen LogP contribution in [0.4, 0.5) is 10.5 Å². The molecule has 1 aliphatic heterocycles. The van der Waals surface area contributed by atoms with Gasteiger partial charge in [-0.05, 0) is 59.2 Å². The van der Waals surface area contributed by atoms with Crippen LogP contribution in [0.2, 0.25) is 0 Å². The number of amides is 4. The molecule has 1 heterocycles. The summed E-state index contributed by atoms with van der Waals surface area (Å²) in [5.74, 6) is -0.174. The molecule has 4 aromatic rings. The van der Waals surface area contributed by atoms with Crippen molar-refractivity contribution in [3.8, 4) is 5.75 Å². The molecule has 1 atom stereocenters. The number of anilines is 1. The lowest BCUT2D eigenvalue weighted by molar-refractivity contribution is -0.134. The van der Waals surface area contributed by atoms with Crippen molar-refractivity contribution in [3.63, 3.8) is 0 Å². The molecular weight excluding hydrogens is 466 g/mol. The predicted molar refractivity (Wildman–Crippen MR) is 142 cm³/mol. The van der Waals surface area contributed by atoms with Gasteiger partial charge in [-0.15, -0.1) is 0 Å². The van der Waals surface area contributed by atoms with E-state index in [0.29, 0.717) is 17.0 Å². The molecule has 0 aliphatic carbocycles. The van der Waals surface area contributed by atoms with Gasteiger partial charge in [-0.3, -0.25) is 14.5 Å². The molecule has 1 aliphatic rings. The van der Waals surface area contributed by atoms with Gasteiger partial charge in [-0.25, -0.2) is 4.79 Å². The van der Waals surface area contributed by atoms with Crippen LogP contribution in [0.15, 0.2) is 97.1 Å². The van der Waals surface area contributed by atoms with Gasteiger partial charge in [0.25, 0.3) is 5.91 Å². The van der Waals surface area contributed by atoms with Crippen LogP contribution in [0, 0.1) is 0 Å². The van der Waals surface area contributed by atoms with Crippen molar-refractivity contribution >= 4 is 34.3 Å². The summed E-state index contributed by atoms with van der Waals surface area (Å²) in [6.45, 7) is 1.58. The number of ether oxygens (including phenoxy) is 1. The third kappa shape index (κ3) is 4.63. The van der Waals surface area contributed by atoms with Crippen LogP contribution < -0.4 is 15.0 Å². The Bertz CT molecular complexity index is 1470. The second-order valence-electron chi connectivity index (χ2n) is 9.17. The molecule has 0 bridgehead atoms. The maximum Gasteiger partial charge on any atom is 0.325 e. The third-order valence-corrected chi connectivity index (χ3v) is 6.76. The fourth-order valence-corrected chi connectivity index (χ4v) is 4.61. The average molecular weight is 494 g/mol. The van der Waals surface area contributed by atoms with Crippen LogP contribution in [0.5, 0.6) is 5.75 Å². The van der Waals surface area contributed by atoms with E-state index < -0.39 is 17.5 Å². The number of carbonyl (C=O) groups is 3. The highest BCUT2D eigenvalue weighted by Gasteiger charge is 2.49. The Kier molecular flexibility index (Phi) is 6.36. The number of carbonyl (C=O) groups excluding carboxylic acids is 3. The lowest BCUT2D eigenvalue weighted by Crippen LogP contribution is -2.44. The number of hydrogen-bond acceptors (Lipinski definition) is 4. The molecule has 1 unspecified atom stereocenters. The van der Waals surface area contributed by atoms with Crippen molar-refractivity contribution in [2.75, 3.05) is 18.6 Å². The minimum absolute atomic E-state index is 0.289. The number of hydrogen-bond donors (Lipinski definition) is 1. The maximum absolute atomic E-state index is 13.6. The van der Waals surface area contributed by atoms with Crippen LogP contribution in [0.1, 0.15) is 18.1 Å². The van der Waals surface area contributed by atoms with Gasteiger partial charge in [0.15, 0.2) is 0 Å². The van der Waals surface area contributed by atoms with E-state index in [1.165, 1.54) is 0 Å². The zero-order chi connectivity index (χ0) is 26.0. The summed E-state index contributed by atoms with van der Waals surface area (Å²) < 4.78 is 5.25. The molecule has 1 fully saturated rings. The molecule has 0 radical (unpaired) electrons. The predicted octanol–water partition coefficient (Wildman–Crippen LogP) is 4.85. The summed E-state index contributed by atoms with van der Waals surface area (Å²) in [6, 6.07) is 29.6. The standard InChI is InChI=1S/C30H27N3O4/c1-30(24-13-12-22-10-6-7-11-23(22)18-24)28(35)33(29(36)31-30)20-27(34)32(19-21-8-4-3-5-9-21)25-14-16-26(37-2)17-15-25/h3-18H,19-20H2,1-2H3,(H,31,36). The third-order valence-electron chi connectivity index (χ3n) is 6.76. The smallest absolute Gasteiger partial charge is 0.325 e. The van der Waals surface area contributed by atoms with Crippen LogP contribution in [-0.2, 0) is 21.7 Å². The van der Waals surface area contributed by atoms with Gasteiger partial charge < -0.3 is 15.0 Å². The van der Waals surface area contributed by atoms with Gasteiger partial charge >= 0.3 is 6.03 Å². The van der Waals surface area contributed by atoms with Crippen molar-refractivity contribution < 1.29 is 19.1 Å². The number of methoxy groups -OCH3 is 1. The Labute approximate surface area is 215 Å². The number of fused-ring (bicyclic) bond motifs is 1. The highest BCUT2D eigenvalue weighted by atomic mass is 16.5. The monoisotopic (exact) mass is 493 g/mol. The highest BCUT2D eigenvalue weighted by Crippen LogP contribution is 2.31. The first kappa shape index (κ1) is 24.1. The molecule has 37 heavy (non-hydrogen) atoms. The Morgan fingerprint density at radius 2 is 1.57 bits per heavy atom. The number of benzene rings is 4. The Balaban J connectivity index is 1.41. The lowest BCUT2D eigenvalue weighted by atomic mass is 9.90. The van der Waals surface area contributed by atoms with Gasteiger partial charge in [-0.2, -0.15) is 0 Å². The summed E-state index contributed by atoms with van der Waals surface area (Å²) in [5, 5.41) is 4.81. The van der Waals surface area contributed by atoms with E-state index in [9.17, 15) is 14.4 Å². The quantitative estimate of drug-likeness (QED) is 0.374. The summed E-state index contributed by atoms with van der Waals surface area (Å²) >= 11 is 0. The molecular formula is C30H27N3O4. The normalized spacial score (nSPS) is 17.1. The van der Waals surface area contributed by atoms with E-state index in [2.05, 4.69) is 5.32 Å². The summed E-state index contributed by atoms with van der Waals surface area (Å²) in [5.41, 5.74) is 0.950. The van der Waals surface area contributed by atoms with E-state index in [-0.39, 0.29) is 19.0 Å². The molecule has 1 N–H and O–H groups in total.